The molecular formula is C22H27N3O2. The normalized spacial score (nSPS) is 16.3. The van der Waals surface area contributed by atoms with Crippen LogP contribution in [-0.4, -0.2) is 44.3 Å². The molecule has 0 radical (unpaired) electrons. The summed E-state index contributed by atoms with van der Waals surface area (Å²) >= 11 is 0. The topological polar surface area (TPSA) is 60.1 Å². The second-order valence-corrected chi connectivity index (χ2v) is 6.58. The van der Waals surface area contributed by atoms with Crippen molar-refractivity contribution in [2.24, 2.45) is 10.7 Å². The number of nitrogens with two attached hydrogens (primary N) is 1. The van der Waals surface area contributed by atoms with E-state index in [2.05, 4.69) is 41.4 Å². The van der Waals surface area contributed by atoms with Gasteiger partial charge in [-0.3, -0.25) is 10.7 Å². The van der Waals surface area contributed by atoms with Crippen molar-refractivity contribution in [2.75, 3.05) is 27.4 Å². The molecule has 0 saturated carbocycles. The van der Waals surface area contributed by atoms with E-state index in [-0.39, 0.29) is 6.29 Å². The van der Waals surface area contributed by atoms with Crippen LogP contribution in [0.1, 0.15) is 12.0 Å². The van der Waals surface area contributed by atoms with Crippen molar-refractivity contribution in [1.82, 2.24) is 4.90 Å². The summed E-state index contributed by atoms with van der Waals surface area (Å²) < 4.78 is 10.8. The Hall–Kier alpha value is -2.63. The molecule has 2 aromatic rings. The molecule has 0 saturated heterocycles. The second kappa shape index (κ2) is 9.35. The standard InChI is InChI=1S/C22H27N3O2/c1-25-12-11-20(24-22(25)23)10-9-17-5-3-6-18(15-17)19-7-4-8-21(16-19)27-14-13-26-2/h3-8,11-12,15-16,22H,9-10,13-14,23H2,1-2H3. The maximum atomic E-state index is 5.96. The number of aliphatic imine (C=N–C) groups is 1. The Morgan fingerprint density at radius 1 is 1.04 bits per heavy atom. The lowest BCUT2D eigenvalue weighted by atomic mass is 10.00. The highest BCUT2D eigenvalue weighted by atomic mass is 16.5. The maximum absolute atomic E-state index is 5.96. The Morgan fingerprint density at radius 2 is 1.81 bits per heavy atom. The van der Waals surface area contributed by atoms with Gasteiger partial charge in [0.25, 0.3) is 0 Å². The van der Waals surface area contributed by atoms with E-state index in [1.165, 1.54) is 11.1 Å². The maximum Gasteiger partial charge on any atom is 0.173 e. The number of ether oxygens (including phenoxy) is 2. The van der Waals surface area contributed by atoms with Gasteiger partial charge in [-0.25, -0.2) is 0 Å². The summed E-state index contributed by atoms with van der Waals surface area (Å²) in [5, 5.41) is 0. The van der Waals surface area contributed by atoms with Gasteiger partial charge in [-0.1, -0.05) is 36.4 Å². The first-order chi connectivity index (χ1) is 13.2. The van der Waals surface area contributed by atoms with Crippen LogP contribution in [0.15, 0.2) is 65.8 Å². The van der Waals surface area contributed by atoms with E-state index in [0.717, 1.165) is 29.9 Å². The molecule has 0 fully saturated rings. The number of methoxy groups -OCH3 is 1. The Bertz CT molecular complexity index is 817. The third-order valence-corrected chi connectivity index (χ3v) is 4.54. The first-order valence-corrected chi connectivity index (χ1v) is 9.19. The molecule has 27 heavy (non-hydrogen) atoms. The van der Waals surface area contributed by atoms with Crippen molar-refractivity contribution in [3.8, 4) is 16.9 Å². The van der Waals surface area contributed by atoms with Gasteiger partial charge >= 0.3 is 0 Å². The smallest absolute Gasteiger partial charge is 0.173 e. The van der Waals surface area contributed by atoms with Crippen LogP contribution in [0.25, 0.3) is 11.1 Å². The van der Waals surface area contributed by atoms with Gasteiger partial charge in [0.15, 0.2) is 6.29 Å². The van der Waals surface area contributed by atoms with Crippen molar-refractivity contribution in [2.45, 2.75) is 19.1 Å². The Balaban J connectivity index is 1.66. The van der Waals surface area contributed by atoms with Gasteiger partial charge < -0.3 is 14.4 Å². The van der Waals surface area contributed by atoms with Crippen LogP contribution in [0, 0.1) is 0 Å². The molecule has 5 nitrogen and oxygen atoms in total. The first-order valence-electron chi connectivity index (χ1n) is 9.19. The summed E-state index contributed by atoms with van der Waals surface area (Å²) in [6.07, 6.45) is 5.54. The van der Waals surface area contributed by atoms with E-state index < -0.39 is 0 Å². The van der Waals surface area contributed by atoms with Gasteiger partial charge in [0.2, 0.25) is 0 Å². The van der Waals surface area contributed by atoms with Crippen LogP contribution in [0.4, 0.5) is 0 Å². The van der Waals surface area contributed by atoms with Gasteiger partial charge in [0.1, 0.15) is 12.4 Å². The highest BCUT2D eigenvalue weighted by Crippen LogP contribution is 2.25. The second-order valence-electron chi connectivity index (χ2n) is 6.58. The largest absolute Gasteiger partial charge is 0.491 e. The van der Waals surface area contributed by atoms with Crippen LogP contribution >= 0.6 is 0 Å². The first kappa shape index (κ1) is 19.1. The Kier molecular flexibility index (Phi) is 6.63. The molecule has 0 spiro atoms. The molecule has 142 valence electrons. The lowest BCUT2D eigenvalue weighted by Crippen LogP contribution is -2.36. The number of allylic oxidation sites excluding steroid dienone is 1. The van der Waals surface area contributed by atoms with Crippen LogP contribution in [0.5, 0.6) is 5.75 Å². The molecule has 1 aliphatic rings. The summed E-state index contributed by atoms with van der Waals surface area (Å²) in [6, 6.07) is 16.8. The summed E-state index contributed by atoms with van der Waals surface area (Å²) in [5.41, 5.74) is 10.6. The molecule has 3 rings (SSSR count). The minimum atomic E-state index is -0.280. The molecule has 1 heterocycles. The van der Waals surface area contributed by atoms with E-state index in [4.69, 9.17) is 15.2 Å². The number of aryl methyl sites for hydroxylation is 1. The van der Waals surface area contributed by atoms with Crippen LogP contribution in [-0.2, 0) is 11.2 Å². The average molecular weight is 365 g/mol. The number of hydrogen-bond donors (Lipinski definition) is 1. The van der Waals surface area contributed by atoms with Crippen molar-refractivity contribution >= 4 is 5.71 Å². The van der Waals surface area contributed by atoms with Gasteiger partial charge in [0, 0.05) is 26.1 Å². The highest BCUT2D eigenvalue weighted by Gasteiger charge is 2.10. The zero-order valence-electron chi connectivity index (χ0n) is 16.0. The fourth-order valence-corrected chi connectivity index (χ4v) is 2.93. The zero-order chi connectivity index (χ0) is 19.1. The Morgan fingerprint density at radius 3 is 2.59 bits per heavy atom. The minimum Gasteiger partial charge on any atom is -0.491 e. The summed E-state index contributed by atoms with van der Waals surface area (Å²) in [6.45, 7) is 1.13. The molecule has 5 heteroatoms. The predicted octanol–water partition coefficient (Wildman–Crippen LogP) is 3.45. The third kappa shape index (κ3) is 5.42. The molecule has 0 amide bonds. The molecule has 0 aromatic heterocycles. The van der Waals surface area contributed by atoms with Crippen molar-refractivity contribution < 1.29 is 9.47 Å². The van der Waals surface area contributed by atoms with Gasteiger partial charge in [-0.2, -0.15) is 0 Å². The third-order valence-electron chi connectivity index (χ3n) is 4.54. The van der Waals surface area contributed by atoms with E-state index >= 15 is 0 Å². The molecule has 0 aliphatic carbocycles. The van der Waals surface area contributed by atoms with Crippen LogP contribution < -0.4 is 10.5 Å². The zero-order valence-corrected chi connectivity index (χ0v) is 16.0. The Labute approximate surface area is 161 Å². The fraction of sp³-hybridized carbons (Fsp3) is 0.318. The molecule has 1 atom stereocenters. The lowest BCUT2D eigenvalue weighted by molar-refractivity contribution is 0.146. The molecule has 1 unspecified atom stereocenters. The number of rotatable bonds is 8. The SMILES string of the molecule is COCCOc1cccc(-c2cccc(CCC3=NC(N)N(C)C=C3)c2)c1. The summed E-state index contributed by atoms with van der Waals surface area (Å²) in [4.78, 5) is 6.41. The van der Waals surface area contributed by atoms with Gasteiger partial charge in [0.05, 0.1) is 6.61 Å². The molecular weight excluding hydrogens is 338 g/mol. The molecule has 2 aromatic carbocycles. The predicted molar refractivity (Wildman–Crippen MR) is 110 cm³/mol. The van der Waals surface area contributed by atoms with Crippen molar-refractivity contribution in [3.63, 3.8) is 0 Å². The van der Waals surface area contributed by atoms with E-state index in [9.17, 15) is 0 Å². The van der Waals surface area contributed by atoms with Gasteiger partial charge in [-0.05, 0) is 47.7 Å². The average Bonchev–Trinajstić information content (AvgIpc) is 2.70. The van der Waals surface area contributed by atoms with Gasteiger partial charge in [-0.15, -0.1) is 0 Å². The number of benzene rings is 2. The van der Waals surface area contributed by atoms with Crippen molar-refractivity contribution in [3.05, 3.63) is 66.4 Å². The number of nitrogens with zero attached hydrogens (tertiary/aromatic N) is 2. The highest BCUT2D eigenvalue weighted by molar-refractivity contribution is 5.95. The van der Waals surface area contributed by atoms with Crippen molar-refractivity contribution in [1.29, 1.82) is 0 Å². The molecule has 2 N–H and O–H groups in total. The van der Waals surface area contributed by atoms with Crippen LogP contribution in [0.2, 0.25) is 0 Å². The van der Waals surface area contributed by atoms with E-state index in [1.54, 1.807) is 7.11 Å². The quantitative estimate of drug-likeness (QED) is 0.728. The van der Waals surface area contributed by atoms with Crippen LogP contribution in [0.3, 0.4) is 0 Å². The summed E-state index contributed by atoms with van der Waals surface area (Å²) in [5.74, 6) is 0.856. The molecule has 0 bridgehead atoms. The fourth-order valence-electron chi connectivity index (χ4n) is 2.93. The van der Waals surface area contributed by atoms with E-state index in [1.807, 2.05) is 36.4 Å². The molecule has 1 aliphatic heterocycles. The number of hydrogen-bond acceptors (Lipinski definition) is 5. The minimum absolute atomic E-state index is 0.280. The lowest BCUT2D eigenvalue weighted by Gasteiger charge is -2.23. The summed E-state index contributed by atoms with van der Waals surface area (Å²) in [7, 11) is 3.60. The monoisotopic (exact) mass is 365 g/mol. The van der Waals surface area contributed by atoms with E-state index in [0.29, 0.717) is 13.2 Å².